The molecule has 2 atom stereocenters. The number of benzene rings is 1. The molecule has 0 aromatic heterocycles. The Kier molecular flexibility index (Phi) is 5.38. The molecule has 1 aliphatic rings. The first-order valence-corrected chi connectivity index (χ1v) is 9.70. The van der Waals surface area contributed by atoms with E-state index in [1.807, 2.05) is 6.07 Å². The number of halogens is 1. The lowest BCUT2D eigenvalue weighted by Gasteiger charge is -2.32. The van der Waals surface area contributed by atoms with E-state index >= 15 is 0 Å². The van der Waals surface area contributed by atoms with Crippen molar-refractivity contribution in [2.24, 2.45) is 5.92 Å². The molecule has 2 unspecified atom stereocenters. The highest BCUT2D eigenvalue weighted by Crippen LogP contribution is 2.31. The van der Waals surface area contributed by atoms with Crippen molar-refractivity contribution >= 4 is 33.0 Å². The second-order valence-electron chi connectivity index (χ2n) is 5.77. The van der Waals surface area contributed by atoms with Crippen molar-refractivity contribution in [2.45, 2.75) is 45.1 Å². The number of hydrogen-bond acceptors (Lipinski definition) is 3. The molecule has 0 saturated heterocycles. The number of nitrogens with one attached hydrogen (secondary N) is 2. The molecular formula is C15H23ClN2O2S. The second-order valence-corrected chi connectivity index (χ2v) is 7.93. The molecule has 1 saturated carbocycles. The highest BCUT2D eigenvalue weighted by molar-refractivity contribution is 7.92. The van der Waals surface area contributed by atoms with Gasteiger partial charge in [-0.2, -0.15) is 0 Å². The molecular weight excluding hydrogens is 308 g/mol. The Bertz CT molecular complexity index is 589. The molecule has 4 nitrogen and oxygen atoms in total. The number of hydrogen-bond donors (Lipinski definition) is 2. The van der Waals surface area contributed by atoms with E-state index in [0.717, 1.165) is 11.9 Å². The van der Waals surface area contributed by atoms with Gasteiger partial charge in [-0.25, -0.2) is 8.42 Å². The van der Waals surface area contributed by atoms with Crippen LogP contribution >= 0.6 is 11.6 Å². The molecule has 0 heterocycles. The summed E-state index contributed by atoms with van der Waals surface area (Å²) in [6.07, 6.45) is 7.32. The monoisotopic (exact) mass is 330 g/mol. The van der Waals surface area contributed by atoms with Gasteiger partial charge < -0.3 is 5.32 Å². The highest BCUT2D eigenvalue weighted by atomic mass is 35.5. The van der Waals surface area contributed by atoms with Crippen LogP contribution < -0.4 is 10.0 Å². The van der Waals surface area contributed by atoms with Crippen molar-refractivity contribution in [2.75, 3.05) is 16.3 Å². The Balaban J connectivity index is 2.09. The van der Waals surface area contributed by atoms with Crippen LogP contribution in [-0.4, -0.2) is 20.7 Å². The van der Waals surface area contributed by atoms with Crippen molar-refractivity contribution in [1.29, 1.82) is 0 Å². The predicted octanol–water partition coefficient (Wildman–Crippen LogP) is 4.09. The van der Waals surface area contributed by atoms with Crippen LogP contribution in [0, 0.1) is 5.92 Å². The van der Waals surface area contributed by atoms with Gasteiger partial charge in [-0.15, -0.1) is 0 Å². The fraction of sp³-hybridized carbons (Fsp3) is 0.600. The summed E-state index contributed by atoms with van der Waals surface area (Å²) < 4.78 is 24.9. The fourth-order valence-corrected chi connectivity index (χ4v) is 3.85. The van der Waals surface area contributed by atoms with Gasteiger partial charge in [0.2, 0.25) is 10.0 Å². The summed E-state index contributed by atoms with van der Waals surface area (Å²) in [7, 11) is -3.31. The van der Waals surface area contributed by atoms with Crippen molar-refractivity contribution < 1.29 is 8.42 Å². The molecule has 0 bridgehead atoms. The van der Waals surface area contributed by atoms with Crippen LogP contribution in [0.2, 0.25) is 5.02 Å². The van der Waals surface area contributed by atoms with Crippen LogP contribution in [0.1, 0.15) is 39.0 Å². The van der Waals surface area contributed by atoms with Crippen LogP contribution in [0.5, 0.6) is 0 Å². The van der Waals surface area contributed by atoms with Gasteiger partial charge in [0, 0.05) is 11.7 Å². The number of anilines is 2. The van der Waals surface area contributed by atoms with Gasteiger partial charge in [0.05, 0.1) is 17.0 Å². The lowest BCUT2D eigenvalue weighted by Crippen LogP contribution is -2.31. The third-order valence-corrected chi connectivity index (χ3v) is 4.95. The summed E-state index contributed by atoms with van der Waals surface area (Å²) in [6.45, 7) is 2.23. The summed E-state index contributed by atoms with van der Waals surface area (Å²) in [5.41, 5.74) is 1.37. The van der Waals surface area contributed by atoms with Gasteiger partial charge in [0.1, 0.15) is 0 Å². The van der Waals surface area contributed by atoms with Gasteiger partial charge in [0.15, 0.2) is 0 Å². The maximum Gasteiger partial charge on any atom is 0.229 e. The highest BCUT2D eigenvalue weighted by Gasteiger charge is 2.23. The molecule has 2 rings (SSSR count). The van der Waals surface area contributed by atoms with Crippen LogP contribution in [0.15, 0.2) is 18.2 Å². The molecule has 6 heteroatoms. The van der Waals surface area contributed by atoms with Gasteiger partial charge in [0.25, 0.3) is 0 Å². The van der Waals surface area contributed by atoms with Crippen LogP contribution in [-0.2, 0) is 10.0 Å². The molecule has 1 aromatic carbocycles. The molecule has 0 radical (unpaired) electrons. The normalized spacial score (nSPS) is 22.8. The lowest BCUT2D eigenvalue weighted by atomic mass is 9.83. The minimum absolute atomic E-state index is 0.411. The van der Waals surface area contributed by atoms with E-state index in [1.165, 1.54) is 32.1 Å². The van der Waals surface area contributed by atoms with Crippen LogP contribution in [0.4, 0.5) is 11.4 Å². The summed E-state index contributed by atoms with van der Waals surface area (Å²) in [6, 6.07) is 5.85. The van der Waals surface area contributed by atoms with E-state index in [4.69, 9.17) is 11.6 Å². The Morgan fingerprint density at radius 1 is 1.29 bits per heavy atom. The topological polar surface area (TPSA) is 58.2 Å². The minimum atomic E-state index is -3.31. The first-order valence-electron chi connectivity index (χ1n) is 7.43. The molecule has 0 spiro atoms. The van der Waals surface area contributed by atoms with Crippen LogP contribution in [0.3, 0.4) is 0 Å². The van der Waals surface area contributed by atoms with Crippen molar-refractivity contribution in [1.82, 2.24) is 0 Å². The first kappa shape index (κ1) is 16.4. The Hall–Kier alpha value is -0.940. The third kappa shape index (κ3) is 4.78. The smallest absolute Gasteiger partial charge is 0.229 e. The Labute approximate surface area is 132 Å². The van der Waals surface area contributed by atoms with E-state index in [2.05, 4.69) is 17.0 Å². The zero-order valence-corrected chi connectivity index (χ0v) is 14.1. The molecule has 1 aliphatic carbocycles. The molecule has 0 amide bonds. The Morgan fingerprint density at radius 3 is 2.62 bits per heavy atom. The van der Waals surface area contributed by atoms with E-state index in [1.54, 1.807) is 12.1 Å². The Morgan fingerprint density at radius 2 is 2.00 bits per heavy atom. The maximum absolute atomic E-state index is 11.3. The van der Waals surface area contributed by atoms with Crippen molar-refractivity contribution in [3.8, 4) is 0 Å². The van der Waals surface area contributed by atoms with Gasteiger partial charge in [-0.05, 0) is 37.0 Å². The van der Waals surface area contributed by atoms with Gasteiger partial charge in [-0.3, -0.25) is 4.72 Å². The third-order valence-electron chi connectivity index (χ3n) is 4.05. The predicted molar refractivity (Wildman–Crippen MR) is 89.6 cm³/mol. The van der Waals surface area contributed by atoms with Gasteiger partial charge in [-0.1, -0.05) is 37.8 Å². The number of rotatable bonds is 5. The van der Waals surface area contributed by atoms with E-state index in [0.29, 0.717) is 22.7 Å². The van der Waals surface area contributed by atoms with Crippen molar-refractivity contribution in [3.05, 3.63) is 23.2 Å². The summed E-state index contributed by atoms with van der Waals surface area (Å²) in [4.78, 5) is 0. The molecule has 1 fully saturated rings. The first-order chi connectivity index (χ1) is 9.89. The van der Waals surface area contributed by atoms with Crippen LogP contribution in [0.25, 0.3) is 0 Å². The van der Waals surface area contributed by atoms with Gasteiger partial charge >= 0.3 is 0 Å². The zero-order chi connectivity index (χ0) is 15.5. The second kappa shape index (κ2) is 6.88. The van der Waals surface area contributed by atoms with E-state index in [-0.39, 0.29) is 0 Å². The standard InChI is InChI=1S/C15H23ClN2O2S/c1-3-11-6-4-5-7-14(11)17-12-8-9-15(13(16)10-12)18-21(2,19)20/h8-11,14,17-18H,3-7H2,1-2H3. The average Bonchev–Trinajstić information content (AvgIpc) is 2.41. The molecule has 1 aromatic rings. The molecule has 118 valence electrons. The maximum atomic E-state index is 11.3. The van der Waals surface area contributed by atoms with E-state index in [9.17, 15) is 8.42 Å². The van der Waals surface area contributed by atoms with Crippen molar-refractivity contribution in [3.63, 3.8) is 0 Å². The largest absolute Gasteiger partial charge is 0.382 e. The summed E-state index contributed by atoms with van der Waals surface area (Å²) in [5, 5.41) is 3.96. The average molecular weight is 331 g/mol. The van der Waals surface area contributed by atoms with E-state index < -0.39 is 10.0 Å². The fourth-order valence-electron chi connectivity index (χ4n) is 2.99. The zero-order valence-electron chi connectivity index (χ0n) is 12.5. The summed E-state index contributed by atoms with van der Waals surface area (Å²) >= 11 is 6.16. The summed E-state index contributed by atoms with van der Waals surface area (Å²) in [5.74, 6) is 0.700. The number of sulfonamides is 1. The minimum Gasteiger partial charge on any atom is -0.382 e. The molecule has 0 aliphatic heterocycles. The lowest BCUT2D eigenvalue weighted by molar-refractivity contribution is 0.317. The quantitative estimate of drug-likeness (QED) is 0.854. The molecule has 2 N–H and O–H groups in total. The SMILES string of the molecule is CCC1CCCCC1Nc1ccc(NS(C)(=O)=O)c(Cl)c1. The molecule has 21 heavy (non-hydrogen) atoms.